The highest BCUT2D eigenvalue weighted by Crippen LogP contribution is 2.40. The molecule has 102 valence electrons. The van der Waals surface area contributed by atoms with Gasteiger partial charge in [-0.2, -0.15) is 5.26 Å². The highest BCUT2D eigenvalue weighted by molar-refractivity contribution is 5.48. The SMILES string of the molecule is CC(C)C1CCCCC1(C#N)Nc1cccc(F)c1. The molecule has 1 fully saturated rings. The summed E-state index contributed by atoms with van der Waals surface area (Å²) in [5, 5.41) is 13.0. The van der Waals surface area contributed by atoms with Crippen LogP contribution in [0.1, 0.15) is 39.5 Å². The predicted molar refractivity (Wildman–Crippen MR) is 75.2 cm³/mol. The molecule has 1 aromatic rings. The normalized spacial score (nSPS) is 27.0. The van der Waals surface area contributed by atoms with Crippen molar-refractivity contribution in [2.24, 2.45) is 11.8 Å². The van der Waals surface area contributed by atoms with Gasteiger partial charge in [0.2, 0.25) is 0 Å². The summed E-state index contributed by atoms with van der Waals surface area (Å²) in [6.45, 7) is 4.32. The van der Waals surface area contributed by atoms with Crippen LogP contribution < -0.4 is 5.32 Å². The van der Waals surface area contributed by atoms with E-state index in [1.165, 1.54) is 18.6 Å². The monoisotopic (exact) mass is 260 g/mol. The zero-order valence-electron chi connectivity index (χ0n) is 11.6. The number of nitrogens with one attached hydrogen (secondary N) is 1. The number of rotatable bonds is 3. The number of halogens is 1. The Kier molecular flexibility index (Phi) is 4.09. The van der Waals surface area contributed by atoms with Crippen LogP contribution in [0.3, 0.4) is 0 Å². The van der Waals surface area contributed by atoms with Gasteiger partial charge in [-0.1, -0.05) is 32.8 Å². The van der Waals surface area contributed by atoms with Crippen LogP contribution in [0.15, 0.2) is 24.3 Å². The molecule has 0 saturated heterocycles. The van der Waals surface area contributed by atoms with E-state index in [0.29, 0.717) is 17.5 Å². The lowest BCUT2D eigenvalue weighted by Crippen LogP contribution is -2.48. The van der Waals surface area contributed by atoms with Crippen molar-refractivity contribution >= 4 is 5.69 Å². The predicted octanol–water partition coefficient (Wildman–Crippen LogP) is 4.35. The molecule has 0 bridgehead atoms. The summed E-state index contributed by atoms with van der Waals surface area (Å²) in [4.78, 5) is 0. The fraction of sp³-hybridized carbons (Fsp3) is 0.562. The number of hydrogen-bond donors (Lipinski definition) is 1. The highest BCUT2D eigenvalue weighted by Gasteiger charge is 2.42. The van der Waals surface area contributed by atoms with Crippen LogP contribution in [-0.2, 0) is 0 Å². The molecule has 1 aliphatic carbocycles. The number of nitrogens with zero attached hydrogens (tertiary/aromatic N) is 1. The van der Waals surface area contributed by atoms with Gasteiger partial charge in [-0.15, -0.1) is 0 Å². The van der Waals surface area contributed by atoms with E-state index >= 15 is 0 Å². The molecular weight excluding hydrogens is 239 g/mol. The van der Waals surface area contributed by atoms with Gasteiger partial charge in [-0.25, -0.2) is 4.39 Å². The second-order valence-electron chi connectivity index (χ2n) is 5.81. The van der Waals surface area contributed by atoms with Gasteiger partial charge in [0.1, 0.15) is 11.4 Å². The summed E-state index contributed by atoms with van der Waals surface area (Å²) < 4.78 is 13.3. The van der Waals surface area contributed by atoms with Crippen molar-refractivity contribution in [3.8, 4) is 6.07 Å². The largest absolute Gasteiger partial charge is 0.367 e. The third-order valence-corrected chi connectivity index (χ3v) is 4.17. The molecule has 1 saturated carbocycles. The Labute approximate surface area is 114 Å². The first-order valence-electron chi connectivity index (χ1n) is 7.02. The summed E-state index contributed by atoms with van der Waals surface area (Å²) >= 11 is 0. The van der Waals surface area contributed by atoms with Crippen LogP contribution >= 0.6 is 0 Å². The fourth-order valence-electron chi connectivity index (χ4n) is 3.25. The second kappa shape index (κ2) is 5.61. The first-order valence-corrected chi connectivity index (χ1v) is 7.02. The van der Waals surface area contributed by atoms with Crippen molar-refractivity contribution in [2.45, 2.75) is 45.1 Å². The molecule has 1 N–H and O–H groups in total. The molecule has 0 amide bonds. The summed E-state index contributed by atoms with van der Waals surface area (Å²) in [6.07, 6.45) is 4.13. The molecule has 2 rings (SSSR count). The maximum absolute atomic E-state index is 13.3. The quantitative estimate of drug-likeness (QED) is 0.877. The lowest BCUT2D eigenvalue weighted by atomic mass is 9.68. The average Bonchev–Trinajstić information content (AvgIpc) is 2.39. The maximum Gasteiger partial charge on any atom is 0.128 e. The number of anilines is 1. The topological polar surface area (TPSA) is 35.8 Å². The molecule has 19 heavy (non-hydrogen) atoms. The van der Waals surface area contributed by atoms with Gasteiger partial charge >= 0.3 is 0 Å². The van der Waals surface area contributed by atoms with E-state index in [1.54, 1.807) is 6.07 Å². The molecule has 0 radical (unpaired) electrons. The zero-order valence-corrected chi connectivity index (χ0v) is 11.6. The van der Waals surface area contributed by atoms with Crippen molar-refractivity contribution in [1.29, 1.82) is 5.26 Å². The van der Waals surface area contributed by atoms with Crippen molar-refractivity contribution in [1.82, 2.24) is 0 Å². The van der Waals surface area contributed by atoms with Crippen molar-refractivity contribution in [2.75, 3.05) is 5.32 Å². The van der Waals surface area contributed by atoms with E-state index in [-0.39, 0.29) is 5.82 Å². The summed E-state index contributed by atoms with van der Waals surface area (Å²) in [7, 11) is 0. The molecule has 1 aromatic carbocycles. The molecule has 2 atom stereocenters. The van der Waals surface area contributed by atoms with E-state index < -0.39 is 5.54 Å². The molecule has 0 spiro atoms. The summed E-state index contributed by atoms with van der Waals surface area (Å²) in [5.74, 6) is 0.491. The molecule has 2 unspecified atom stereocenters. The van der Waals surface area contributed by atoms with E-state index in [1.807, 2.05) is 6.07 Å². The van der Waals surface area contributed by atoms with Crippen LogP contribution in [0.4, 0.5) is 10.1 Å². The Morgan fingerprint density at radius 2 is 2.21 bits per heavy atom. The third kappa shape index (κ3) is 2.89. The van der Waals surface area contributed by atoms with Gasteiger partial charge < -0.3 is 5.32 Å². The molecular formula is C16H21FN2. The van der Waals surface area contributed by atoms with Gasteiger partial charge in [-0.3, -0.25) is 0 Å². The Morgan fingerprint density at radius 1 is 1.42 bits per heavy atom. The molecule has 0 heterocycles. The maximum atomic E-state index is 13.3. The average molecular weight is 260 g/mol. The molecule has 0 aliphatic heterocycles. The number of nitriles is 1. The first kappa shape index (κ1) is 13.9. The minimum absolute atomic E-state index is 0.269. The van der Waals surface area contributed by atoms with E-state index in [4.69, 9.17) is 0 Å². The van der Waals surface area contributed by atoms with Crippen LogP contribution in [0.5, 0.6) is 0 Å². The van der Waals surface area contributed by atoms with E-state index in [9.17, 15) is 9.65 Å². The summed E-state index contributed by atoms with van der Waals surface area (Å²) in [5.41, 5.74) is 0.148. The van der Waals surface area contributed by atoms with Crippen molar-refractivity contribution in [3.05, 3.63) is 30.1 Å². The van der Waals surface area contributed by atoms with Gasteiger partial charge in [0.25, 0.3) is 0 Å². The van der Waals surface area contributed by atoms with Gasteiger partial charge in [0.05, 0.1) is 6.07 Å². The van der Waals surface area contributed by atoms with Gasteiger partial charge in [0, 0.05) is 5.69 Å². The lowest BCUT2D eigenvalue weighted by molar-refractivity contribution is 0.205. The summed E-state index contributed by atoms with van der Waals surface area (Å²) in [6, 6.07) is 8.87. The number of hydrogen-bond acceptors (Lipinski definition) is 2. The Bertz CT molecular complexity index is 478. The standard InChI is InChI=1S/C16H21FN2/c1-12(2)15-8-3-4-9-16(15,11-18)19-14-7-5-6-13(17)10-14/h5-7,10,12,15,19H,3-4,8-9H2,1-2H3. The minimum atomic E-state index is -0.555. The smallest absolute Gasteiger partial charge is 0.128 e. The zero-order chi connectivity index (χ0) is 13.9. The molecule has 2 nitrogen and oxygen atoms in total. The van der Waals surface area contributed by atoms with Crippen molar-refractivity contribution in [3.63, 3.8) is 0 Å². The minimum Gasteiger partial charge on any atom is -0.367 e. The van der Waals surface area contributed by atoms with Gasteiger partial charge in [-0.05, 0) is 42.9 Å². The Morgan fingerprint density at radius 3 is 2.84 bits per heavy atom. The lowest BCUT2D eigenvalue weighted by Gasteiger charge is -2.42. The van der Waals surface area contributed by atoms with Crippen LogP contribution in [0, 0.1) is 29.0 Å². The van der Waals surface area contributed by atoms with Crippen LogP contribution in [0.2, 0.25) is 0 Å². The molecule has 3 heteroatoms. The van der Waals surface area contributed by atoms with Crippen LogP contribution in [-0.4, -0.2) is 5.54 Å². The Balaban J connectivity index is 2.28. The Hall–Kier alpha value is -1.56. The third-order valence-electron chi connectivity index (χ3n) is 4.17. The first-order chi connectivity index (χ1) is 9.07. The van der Waals surface area contributed by atoms with E-state index in [2.05, 4.69) is 25.2 Å². The fourth-order valence-corrected chi connectivity index (χ4v) is 3.25. The molecule has 1 aliphatic rings. The number of benzene rings is 1. The highest BCUT2D eigenvalue weighted by atomic mass is 19.1. The van der Waals surface area contributed by atoms with Gasteiger partial charge in [0.15, 0.2) is 0 Å². The van der Waals surface area contributed by atoms with E-state index in [0.717, 1.165) is 19.3 Å². The second-order valence-corrected chi connectivity index (χ2v) is 5.81. The van der Waals surface area contributed by atoms with Crippen molar-refractivity contribution < 1.29 is 4.39 Å². The molecule has 0 aromatic heterocycles. The van der Waals surface area contributed by atoms with Crippen LogP contribution in [0.25, 0.3) is 0 Å².